The molecule has 1 aromatic heterocycles. The largest absolute Gasteiger partial charge is 0.340 e. The van der Waals surface area contributed by atoms with Gasteiger partial charge in [-0.05, 0) is 24.3 Å². The maximum absolute atomic E-state index is 11.7. The predicted molar refractivity (Wildman–Crippen MR) is 80.9 cm³/mol. The van der Waals surface area contributed by atoms with Gasteiger partial charge in [0.25, 0.3) is 0 Å². The molecule has 2 aromatic carbocycles. The highest BCUT2D eigenvalue weighted by Crippen LogP contribution is 2.23. The molecule has 0 unspecified atom stereocenters. The Hall–Kier alpha value is -2.99. The third-order valence-corrected chi connectivity index (χ3v) is 2.97. The Labute approximate surface area is 121 Å². The van der Waals surface area contributed by atoms with Crippen LogP contribution in [0, 0.1) is 0 Å². The van der Waals surface area contributed by atoms with Crippen LogP contribution in [0.1, 0.15) is 10.6 Å². The number of nitrogens with zero attached hydrogens (tertiary/aromatic N) is 2. The van der Waals surface area contributed by atoms with E-state index in [1.165, 1.54) is 0 Å². The lowest BCUT2D eigenvalue weighted by Crippen LogP contribution is -2.31. The van der Waals surface area contributed by atoms with Crippen molar-refractivity contribution in [3.63, 3.8) is 0 Å². The maximum atomic E-state index is 11.7. The van der Waals surface area contributed by atoms with Crippen LogP contribution in [0.5, 0.6) is 0 Å². The van der Waals surface area contributed by atoms with E-state index in [9.17, 15) is 4.79 Å². The van der Waals surface area contributed by atoms with E-state index in [0.29, 0.717) is 11.3 Å². The second-order valence-electron chi connectivity index (χ2n) is 4.38. The van der Waals surface area contributed by atoms with E-state index < -0.39 is 5.91 Å². The molecule has 6 heteroatoms. The van der Waals surface area contributed by atoms with Gasteiger partial charge in [-0.1, -0.05) is 30.3 Å². The summed E-state index contributed by atoms with van der Waals surface area (Å²) in [4.78, 5) is 20.1. The Morgan fingerprint density at radius 2 is 1.67 bits per heavy atom. The summed E-state index contributed by atoms with van der Waals surface area (Å²) in [5, 5.41) is 4.02. The first kappa shape index (κ1) is 13.0. The van der Waals surface area contributed by atoms with Crippen molar-refractivity contribution in [3.05, 3.63) is 60.4 Å². The van der Waals surface area contributed by atoms with Crippen LogP contribution in [-0.2, 0) is 0 Å². The minimum Gasteiger partial charge on any atom is -0.340 e. The number of hydrazine groups is 1. The zero-order valence-electron chi connectivity index (χ0n) is 11.1. The molecule has 0 aliphatic heterocycles. The van der Waals surface area contributed by atoms with Gasteiger partial charge in [0.2, 0.25) is 5.82 Å². The van der Waals surface area contributed by atoms with E-state index in [0.717, 1.165) is 11.1 Å². The predicted octanol–water partition coefficient (Wildman–Crippen LogP) is 1.98. The number of hydrogen-bond donors (Lipinski definition) is 3. The second kappa shape index (κ2) is 5.56. The highest BCUT2D eigenvalue weighted by atomic mass is 16.2. The number of nitrogens with two attached hydrogens (primary N) is 1. The minimum atomic E-state index is -0.531. The van der Waals surface area contributed by atoms with Crippen LogP contribution < -0.4 is 16.6 Å². The molecule has 1 amide bonds. The normalized spacial score (nSPS) is 10.3. The monoisotopic (exact) mass is 279 g/mol. The second-order valence-corrected chi connectivity index (χ2v) is 4.38. The molecule has 3 rings (SSSR count). The van der Waals surface area contributed by atoms with Gasteiger partial charge in [0, 0.05) is 11.1 Å². The van der Waals surface area contributed by atoms with Crippen molar-refractivity contribution < 1.29 is 4.79 Å². The molecule has 0 radical (unpaired) electrons. The van der Waals surface area contributed by atoms with Gasteiger partial charge in [-0.2, -0.15) is 0 Å². The average molecular weight is 279 g/mol. The van der Waals surface area contributed by atoms with E-state index >= 15 is 0 Å². The molecule has 0 aliphatic carbocycles. The van der Waals surface area contributed by atoms with Crippen molar-refractivity contribution >= 4 is 28.3 Å². The highest BCUT2D eigenvalue weighted by molar-refractivity contribution is 5.96. The molecular formula is C15H13N5O. The number of nitrogens with one attached hydrogen (secondary N) is 2. The number of aromatic nitrogens is 2. The maximum Gasteiger partial charge on any atom is 0.303 e. The lowest BCUT2D eigenvalue weighted by atomic mass is 10.2. The quantitative estimate of drug-likeness (QED) is 0.387. The minimum absolute atomic E-state index is 0.0228. The fourth-order valence-corrected chi connectivity index (χ4v) is 2.00. The van der Waals surface area contributed by atoms with E-state index in [2.05, 4.69) is 15.3 Å². The zero-order valence-corrected chi connectivity index (χ0v) is 11.1. The van der Waals surface area contributed by atoms with Gasteiger partial charge >= 0.3 is 5.91 Å². The molecule has 0 saturated carbocycles. The number of amides is 1. The first-order valence-electron chi connectivity index (χ1n) is 6.38. The highest BCUT2D eigenvalue weighted by Gasteiger charge is 2.12. The molecule has 6 nitrogen and oxygen atoms in total. The summed E-state index contributed by atoms with van der Waals surface area (Å²) in [6.45, 7) is 0. The third-order valence-electron chi connectivity index (χ3n) is 2.97. The van der Waals surface area contributed by atoms with E-state index in [-0.39, 0.29) is 5.82 Å². The molecular weight excluding hydrogens is 266 g/mol. The average Bonchev–Trinajstić information content (AvgIpc) is 2.55. The Kier molecular flexibility index (Phi) is 3.44. The number of rotatable bonds is 3. The number of carbonyl (C=O) groups is 1. The van der Waals surface area contributed by atoms with Gasteiger partial charge in [0.1, 0.15) is 5.82 Å². The van der Waals surface area contributed by atoms with Gasteiger partial charge in [-0.25, -0.2) is 15.8 Å². The zero-order chi connectivity index (χ0) is 14.7. The van der Waals surface area contributed by atoms with E-state index in [4.69, 9.17) is 5.84 Å². The fourth-order valence-electron chi connectivity index (χ4n) is 2.00. The molecule has 21 heavy (non-hydrogen) atoms. The third kappa shape index (κ3) is 2.65. The smallest absolute Gasteiger partial charge is 0.303 e. The number of benzene rings is 2. The van der Waals surface area contributed by atoms with Gasteiger partial charge in [-0.3, -0.25) is 10.2 Å². The van der Waals surface area contributed by atoms with Crippen molar-refractivity contribution in [2.75, 3.05) is 5.32 Å². The topological polar surface area (TPSA) is 92.9 Å². The summed E-state index contributed by atoms with van der Waals surface area (Å²) >= 11 is 0. The standard InChI is InChI=1S/C15H13N5O/c16-20-15(21)14-18-12-9-5-4-8-11(12)13(19-14)17-10-6-2-1-3-7-10/h1-9H,16H2,(H,20,21)(H,17,18,19). The molecule has 0 fully saturated rings. The molecule has 4 N–H and O–H groups in total. The SMILES string of the molecule is NNC(=O)c1nc(Nc2ccccc2)c2ccccc2n1. The molecule has 0 atom stereocenters. The molecule has 0 bridgehead atoms. The van der Waals surface area contributed by atoms with Crippen molar-refractivity contribution in [2.24, 2.45) is 5.84 Å². The molecule has 3 aromatic rings. The van der Waals surface area contributed by atoms with Crippen molar-refractivity contribution in [1.29, 1.82) is 0 Å². The molecule has 104 valence electrons. The van der Waals surface area contributed by atoms with Gasteiger partial charge < -0.3 is 5.32 Å². The van der Waals surface area contributed by atoms with Crippen LogP contribution in [0.3, 0.4) is 0 Å². The van der Waals surface area contributed by atoms with Crippen LogP contribution in [0.2, 0.25) is 0 Å². The first-order chi connectivity index (χ1) is 10.3. The summed E-state index contributed by atoms with van der Waals surface area (Å²) < 4.78 is 0. The Morgan fingerprint density at radius 1 is 0.952 bits per heavy atom. The van der Waals surface area contributed by atoms with Gasteiger partial charge in [0.05, 0.1) is 5.52 Å². The Bertz CT molecular complexity index is 788. The van der Waals surface area contributed by atoms with E-state index in [1.54, 1.807) is 0 Å². The number of nitrogen functional groups attached to an aromatic ring is 1. The van der Waals surface area contributed by atoms with Crippen molar-refractivity contribution in [3.8, 4) is 0 Å². The molecule has 0 spiro atoms. The Balaban J connectivity index is 2.12. The number of fused-ring (bicyclic) bond motifs is 1. The lowest BCUT2D eigenvalue weighted by Gasteiger charge is -2.10. The summed E-state index contributed by atoms with van der Waals surface area (Å²) in [6, 6.07) is 17.1. The number of anilines is 2. The van der Waals surface area contributed by atoms with Crippen molar-refractivity contribution in [2.45, 2.75) is 0 Å². The first-order valence-corrected chi connectivity index (χ1v) is 6.38. The number of hydrogen-bond acceptors (Lipinski definition) is 5. The van der Waals surface area contributed by atoms with Gasteiger partial charge in [-0.15, -0.1) is 0 Å². The Morgan fingerprint density at radius 3 is 2.43 bits per heavy atom. The fraction of sp³-hybridized carbons (Fsp3) is 0. The molecule has 0 saturated heterocycles. The van der Waals surface area contributed by atoms with Gasteiger partial charge in [0.15, 0.2) is 0 Å². The van der Waals surface area contributed by atoms with Crippen LogP contribution in [0.15, 0.2) is 54.6 Å². The van der Waals surface area contributed by atoms with Crippen molar-refractivity contribution in [1.82, 2.24) is 15.4 Å². The van der Waals surface area contributed by atoms with Crippen LogP contribution in [-0.4, -0.2) is 15.9 Å². The van der Waals surface area contributed by atoms with Crippen LogP contribution >= 0.6 is 0 Å². The number of carbonyl (C=O) groups excluding carboxylic acids is 1. The van der Waals surface area contributed by atoms with E-state index in [1.807, 2.05) is 60.0 Å². The summed E-state index contributed by atoms with van der Waals surface area (Å²) in [5.41, 5.74) is 3.59. The molecule has 0 aliphatic rings. The van der Waals surface area contributed by atoms with Crippen LogP contribution in [0.4, 0.5) is 11.5 Å². The van der Waals surface area contributed by atoms with Crippen LogP contribution in [0.25, 0.3) is 10.9 Å². The summed E-state index contributed by atoms with van der Waals surface area (Å²) in [5.74, 6) is 5.20. The summed E-state index contributed by atoms with van der Waals surface area (Å²) in [6.07, 6.45) is 0. The lowest BCUT2D eigenvalue weighted by molar-refractivity contribution is 0.0944. The summed E-state index contributed by atoms with van der Waals surface area (Å²) in [7, 11) is 0. The molecule has 1 heterocycles. The number of para-hydroxylation sites is 2.